The molecule has 27 heavy (non-hydrogen) atoms. The minimum atomic E-state index is -1.00. The number of carbonyl (C=O) groups excluding carboxylic acids is 2. The molecule has 0 saturated carbocycles. The minimum Gasteiger partial charge on any atom is -0.512 e. The number of esters is 2. The summed E-state index contributed by atoms with van der Waals surface area (Å²) in [6, 6.07) is 6.68. The number of carbonyl (C=O) groups is 2. The lowest BCUT2D eigenvalue weighted by Crippen LogP contribution is -2.33. The Bertz CT molecular complexity index is 773. The summed E-state index contributed by atoms with van der Waals surface area (Å²) < 4.78 is 15.7. The molecule has 2 aliphatic heterocycles. The number of hydrogen-bond donors (Lipinski definition) is 2. The maximum atomic E-state index is 12.6. The van der Waals surface area contributed by atoms with Gasteiger partial charge in [-0.15, -0.1) is 0 Å². The normalized spacial score (nSPS) is 24.4. The number of ether oxygens (including phenoxy) is 3. The van der Waals surface area contributed by atoms with Crippen molar-refractivity contribution in [2.75, 3.05) is 7.11 Å². The zero-order chi connectivity index (χ0) is 19.7. The predicted octanol–water partition coefficient (Wildman–Crippen LogP) is 3.07. The fourth-order valence-corrected chi connectivity index (χ4v) is 3.42. The average Bonchev–Trinajstić information content (AvgIpc) is 2.59. The molecule has 0 saturated heterocycles. The fraction of sp³-hybridized carbons (Fsp3) is 0.400. The largest absolute Gasteiger partial charge is 0.512 e. The average molecular weight is 374 g/mol. The second-order valence-electron chi connectivity index (χ2n) is 6.77. The van der Waals surface area contributed by atoms with E-state index < -0.39 is 30.1 Å². The summed E-state index contributed by atoms with van der Waals surface area (Å²) in [6.07, 6.45) is -0.683. The van der Waals surface area contributed by atoms with Gasteiger partial charge in [0.15, 0.2) is 0 Å². The molecule has 1 aromatic carbocycles. The third-order valence-electron chi connectivity index (χ3n) is 4.67. The predicted molar refractivity (Wildman–Crippen MR) is 95.4 cm³/mol. The van der Waals surface area contributed by atoms with Crippen LogP contribution < -0.4 is 4.74 Å². The maximum Gasteiger partial charge on any atom is 0.338 e. The van der Waals surface area contributed by atoms with E-state index >= 15 is 0 Å². The van der Waals surface area contributed by atoms with Crippen LogP contribution in [0, 0.1) is 0 Å². The molecular weight excluding hydrogens is 352 g/mol. The van der Waals surface area contributed by atoms with Crippen molar-refractivity contribution in [3.8, 4) is 5.75 Å². The van der Waals surface area contributed by atoms with E-state index in [1.165, 1.54) is 7.11 Å². The molecule has 144 valence electrons. The first-order chi connectivity index (χ1) is 12.8. The highest BCUT2D eigenvalue weighted by Gasteiger charge is 2.41. The second-order valence-corrected chi connectivity index (χ2v) is 6.77. The SMILES string of the molecule is COc1ccc(C(C2=C(O)C[C@@H](C)OC2=O)C2=C(O)C[C@H](C)OC2=O)cc1. The summed E-state index contributed by atoms with van der Waals surface area (Å²) in [5, 5.41) is 21.0. The first kappa shape index (κ1) is 18.8. The second kappa shape index (κ2) is 7.34. The van der Waals surface area contributed by atoms with Crippen molar-refractivity contribution in [2.45, 2.75) is 44.8 Å². The van der Waals surface area contributed by atoms with Crippen molar-refractivity contribution in [2.24, 2.45) is 0 Å². The van der Waals surface area contributed by atoms with Crippen molar-refractivity contribution in [1.82, 2.24) is 0 Å². The molecule has 7 nitrogen and oxygen atoms in total. The molecule has 3 rings (SSSR count). The van der Waals surface area contributed by atoms with Crippen LogP contribution in [0.1, 0.15) is 38.2 Å². The highest BCUT2D eigenvalue weighted by Crippen LogP contribution is 2.41. The van der Waals surface area contributed by atoms with Crippen LogP contribution in [-0.4, -0.2) is 41.5 Å². The Balaban J connectivity index is 2.18. The first-order valence-corrected chi connectivity index (χ1v) is 8.71. The van der Waals surface area contributed by atoms with Crippen molar-refractivity contribution in [3.63, 3.8) is 0 Å². The van der Waals surface area contributed by atoms with E-state index in [4.69, 9.17) is 14.2 Å². The van der Waals surface area contributed by atoms with Gasteiger partial charge in [0.05, 0.1) is 24.2 Å². The van der Waals surface area contributed by atoms with Gasteiger partial charge in [-0.2, -0.15) is 0 Å². The van der Waals surface area contributed by atoms with E-state index in [2.05, 4.69) is 0 Å². The number of hydrogen-bond acceptors (Lipinski definition) is 7. The molecular formula is C20H22O7. The van der Waals surface area contributed by atoms with Gasteiger partial charge < -0.3 is 24.4 Å². The summed E-state index contributed by atoms with van der Waals surface area (Å²) in [6.45, 7) is 3.33. The molecule has 0 amide bonds. The van der Waals surface area contributed by atoms with E-state index in [0.29, 0.717) is 11.3 Å². The lowest BCUT2D eigenvalue weighted by molar-refractivity contribution is -0.146. The first-order valence-electron chi connectivity index (χ1n) is 8.71. The fourth-order valence-electron chi connectivity index (χ4n) is 3.42. The van der Waals surface area contributed by atoms with Crippen LogP contribution in [-0.2, 0) is 19.1 Å². The molecule has 2 aliphatic rings. The Morgan fingerprint density at radius 2 is 1.37 bits per heavy atom. The molecule has 0 aromatic heterocycles. The molecule has 2 N–H and O–H groups in total. The third-order valence-corrected chi connectivity index (χ3v) is 4.67. The van der Waals surface area contributed by atoms with Crippen LogP contribution in [0.2, 0.25) is 0 Å². The summed E-state index contributed by atoms with van der Waals surface area (Å²) >= 11 is 0. The van der Waals surface area contributed by atoms with Gasteiger partial charge in [-0.25, -0.2) is 9.59 Å². The molecule has 1 unspecified atom stereocenters. The maximum absolute atomic E-state index is 12.6. The van der Waals surface area contributed by atoms with Gasteiger partial charge in [0.1, 0.15) is 29.5 Å². The number of benzene rings is 1. The van der Waals surface area contributed by atoms with Crippen LogP contribution in [0.25, 0.3) is 0 Å². The molecule has 2 heterocycles. The number of cyclic esters (lactones) is 2. The summed E-state index contributed by atoms with van der Waals surface area (Å²) in [5.41, 5.74) is 0.398. The molecule has 0 bridgehead atoms. The van der Waals surface area contributed by atoms with E-state index in [9.17, 15) is 19.8 Å². The van der Waals surface area contributed by atoms with Gasteiger partial charge in [0.2, 0.25) is 0 Å². The lowest BCUT2D eigenvalue weighted by Gasteiger charge is -2.31. The monoisotopic (exact) mass is 374 g/mol. The number of aliphatic hydroxyl groups is 2. The van der Waals surface area contributed by atoms with Gasteiger partial charge in [-0.05, 0) is 31.5 Å². The van der Waals surface area contributed by atoms with Gasteiger partial charge in [-0.1, -0.05) is 12.1 Å². The molecule has 1 aromatic rings. The molecule has 0 radical (unpaired) electrons. The Hall–Kier alpha value is -2.96. The van der Waals surface area contributed by atoms with Crippen LogP contribution in [0.15, 0.2) is 46.9 Å². The zero-order valence-electron chi connectivity index (χ0n) is 15.4. The van der Waals surface area contributed by atoms with Crippen molar-refractivity contribution in [1.29, 1.82) is 0 Å². The van der Waals surface area contributed by atoms with E-state index in [1.54, 1.807) is 38.1 Å². The molecule has 0 fully saturated rings. The van der Waals surface area contributed by atoms with Crippen LogP contribution in [0.3, 0.4) is 0 Å². The highest BCUT2D eigenvalue weighted by molar-refractivity contribution is 5.99. The van der Waals surface area contributed by atoms with Crippen molar-refractivity contribution in [3.05, 3.63) is 52.5 Å². The van der Waals surface area contributed by atoms with Gasteiger partial charge in [-0.3, -0.25) is 0 Å². The summed E-state index contributed by atoms with van der Waals surface area (Å²) in [5.74, 6) is -2.18. The van der Waals surface area contributed by atoms with E-state index in [-0.39, 0.29) is 35.5 Å². The number of methoxy groups -OCH3 is 1. The molecule has 3 atom stereocenters. The van der Waals surface area contributed by atoms with Gasteiger partial charge in [0.25, 0.3) is 0 Å². The summed E-state index contributed by atoms with van der Waals surface area (Å²) in [4.78, 5) is 25.1. The van der Waals surface area contributed by atoms with E-state index in [0.717, 1.165) is 0 Å². The Morgan fingerprint density at radius 1 is 0.926 bits per heavy atom. The van der Waals surface area contributed by atoms with Gasteiger partial charge >= 0.3 is 11.9 Å². The molecule has 0 spiro atoms. The van der Waals surface area contributed by atoms with Crippen LogP contribution in [0.5, 0.6) is 5.75 Å². The topological polar surface area (TPSA) is 102 Å². The third kappa shape index (κ3) is 3.63. The van der Waals surface area contributed by atoms with Gasteiger partial charge in [0, 0.05) is 12.8 Å². The molecule has 0 aliphatic carbocycles. The number of aliphatic hydroxyl groups excluding tert-OH is 2. The Labute approximate surface area is 156 Å². The van der Waals surface area contributed by atoms with Crippen molar-refractivity contribution >= 4 is 11.9 Å². The zero-order valence-corrected chi connectivity index (χ0v) is 15.4. The summed E-state index contributed by atoms with van der Waals surface area (Å²) in [7, 11) is 1.52. The smallest absolute Gasteiger partial charge is 0.338 e. The Kier molecular flexibility index (Phi) is 5.12. The lowest BCUT2D eigenvalue weighted by atomic mass is 9.80. The molecule has 7 heteroatoms. The quantitative estimate of drug-likeness (QED) is 0.781. The highest BCUT2D eigenvalue weighted by atomic mass is 16.6. The minimum absolute atomic E-state index is 0.0636. The number of rotatable bonds is 4. The van der Waals surface area contributed by atoms with Crippen molar-refractivity contribution < 1.29 is 34.0 Å². The Morgan fingerprint density at radius 3 is 1.74 bits per heavy atom. The van der Waals surface area contributed by atoms with E-state index in [1.807, 2.05) is 0 Å². The standard InChI is InChI=1S/C20H22O7/c1-10-8-14(21)17(19(23)26-10)16(12-4-6-13(25-3)7-5-12)18-15(22)9-11(2)27-20(18)24/h4-7,10-11,16,21-22H,8-9H2,1-3H3/t10-,11+,16?. The van der Waals surface area contributed by atoms with Crippen LogP contribution in [0.4, 0.5) is 0 Å². The van der Waals surface area contributed by atoms with Crippen LogP contribution >= 0.6 is 0 Å².